The standard InChI is InChI=1S/C18H27N5S/c1-13(2)16-12-23(9-10-24-16)18(19-3)21-8-6-14-11-22-17-15(14)5-4-7-20-17/h4-5,7,11,13,16H,6,8-10,12H2,1-3H3,(H,19,21)(H,20,22). The SMILES string of the molecule is CN=C(NCCc1c[nH]c2ncccc12)N1CCSC(C(C)C)C1. The van der Waals surface area contributed by atoms with Crippen molar-refractivity contribution in [2.75, 3.05) is 32.4 Å². The number of pyridine rings is 1. The number of H-pyrrole nitrogens is 1. The Labute approximate surface area is 148 Å². The van der Waals surface area contributed by atoms with E-state index in [1.165, 1.54) is 16.7 Å². The summed E-state index contributed by atoms with van der Waals surface area (Å²) in [6.07, 6.45) is 4.84. The van der Waals surface area contributed by atoms with Crippen molar-refractivity contribution in [2.24, 2.45) is 10.9 Å². The van der Waals surface area contributed by atoms with Crippen LogP contribution in [0.25, 0.3) is 11.0 Å². The van der Waals surface area contributed by atoms with Crippen LogP contribution < -0.4 is 5.32 Å². The summed E-state index contributed by atoms with van der Waals surface area (Å²) in [6, 6.07) is 4.11. The average molecular weight is 346 g/mol. The van der Waals surface area contributed by atoms with Crippen LogP contribution in [0, 0.1) is 5.92 Å². The van der Waals surface area contributed by atoms with E-state index in [0.717, 1.165) is 37.7 Å². The van der Waals surface area contributed by atoms with Crippen LogP contribution >= 0.6 is 11.8 Å². The van der Waals surface area contributed by atoms with Gasteiger partial charge in [0.1, 0.15) is 5.65 Å². The largest absolute Gasteiger partial charge is 0.356 e. The normalized spacial score (nSPS) is 19.2. The van der Waals surface area contributed by atoms with Crippen molar-refractivity contribution in [3.8, 4) is 0 Å². The fourth-order valence-corrected chi connectivity index (χ4v) is 4.43. The molecule has 24 heavy (non-hydrogen) atoms. The van der Waals surface area contributed by atoms with Crippen LogP contribution in [0.2, 0.25) is 0 Å². The third kappa shape index (κ3) is 3.86. The van der Waals surface area contributed by atoms with E-state index in [1.54, 1.807) is 0 Å². The monoisotopic (exact) mass is 345 g/mol. The number of thioether (sulfide) groups is 1. The van der Waals surface area contributed by atoms with E-state index in [9.17, 15) is 0 Å². The molecule has 0 saturated carbocycles. The predicted octanol–water partition coefficient (Wildman–Crippen LogP) is 2.75. The molecule has 1 atom stereocenters. The van der Waals surface area contributed by atoms with Gasteiger partial charge in [0.2, 0.25) is 0 Å². The van der Waals surface area contributed by atoms with Gasteiger partial charge >= 0.3 is 0 Å². The molecule has 2 aromatic heterocycles. The van der Waals surface area contributed by atoms with Gasteiger partial charge in [-0.05, 0) is 30.0 Å². The molecule has 1 unspecified atom stereocenters. The molecule has 1 saturated heterocycles. The van der Waals surface area contributed by atoms with Gasteiger partial charge < -0.3 is 15.2 Å². The van der Waals surface area contributed by atoms with Crippen LogP contribution in [0.5, 0.6) is 0 Å². The van der Waals surface area contributed by atoms with E-state index in [2.05, 4.69) is 63.0 Å². The summed E-state index contributed by atoms with van der Waals surface area (Å²) in [7, 11) is 1.88. The molecule has 0 spiro atoms. The van der Waals surface area contributed by atoms with E-state index < -0.39 is 0 Å². The Kier molecular flexibility index (Phi) is 5.66. The summed E-state index contributed by atoms with van der Waals surface area (Å²) < 4.78 is 0. The van der Waals surface area contributed by atoms with Gasteiger partial charge in [-0.1, -0.05) is 13.8 Å². The molecule has 1 fully saturated rings. The molecule has 2 aromatic rings. The minimum atomic E-state index is 0.692. The van der Waals surface area contributed by atoms with E-state index in [0.29, 0.717) is 11.2 Å². The van der Waals surface area contributed by atoms with Gasteiger partial charge in [0, 0.05) is 55.5 Å². The van der Waals surface area contributed by atoms with E-state index in [4.69, 9.17) is 0 Å². The Hall–Kier alpha value is -1.69. The zero-order valence-electron chi connectivity index (χ0n) is 14.7. The fraction of sp³-hybridized carbons (Fsp3) is 0.556. The molecule has 6 heteroatoms. The number of nitrogens with one attached hydrogen (secondary N) is 2. The molecule has 0 amide bonds. The number of guanidine groups is 1. The molecule has 0 radical (unpaired) electrons. The molecule has 1 aliphatic heterocycles. The summed E-state index contributed by atoms with van der Waals surface area (Å²) in [5.74, 6) is 2.91. The lowest BCUT2D eigenvalue weighted by molar-refractivity contribution is 0.381. The zero-order valence-corrected chi connectivity index (χ0v) is 15.6. The Balaban J connectivity index is 1.56. The van der Waals surface area contributed by atoms with Crippen LogP contribution in [0.15, 0.2) is 29.5 Å². The lowest BCUT2D eigenvalue weighted by Gasteiger charge is -2.36. The molecule has 2 N–H and O–H groups in total. The second kappa shape index (κ2) is 7.92. The maximum Gasteiger partial charge on any atom is 0.193 e. The highest BCUT2D eigenvalue weighted by Crippen LogP contribution is 2.24. The predicted molar refractivity (Wildman–Crippen MR) is 104 cm³/mol. The first kappa shape index (κ1) is 17.1. The summed E-state index contributed by atoms with van der Waals surface area (Å²) >= 11 is 2.09. The third-order valence-corrected chi connectivity index (χ3v) is 6.10. The van der Waals surface area contributed by atoms with Crippen LogP contribution in [-0.2, 0) is 6.42 Å². The molecule has 5 nitrogen and oxygen atoms in total. The van der Waals surface area contributed by atoms with Gasteiger partial charge in [0.15, 0.2) is 5.96 Å². The minimum Gasteiger partial charge on any atom is -0.356 e. The summed E-state index contributed by atoms with van der Waals surface area (Å²) in [4.78, 5) is 14.5. The van der Waals surface area contributed by atoms with E-state index in [-0.39, 0.29) is 0 Å². The Morgan fingerprint density at radius 1 is 1.54 bits per heavy atom. The number of aliphatic imine (C=N–C) groups is 1. The van der Waals surface area contributed by atoms with E-state index >= 15 is 0 Å². The third-order valence-electron chi connectivity index (χ3n) is 4.56. The lowest BCUT2D eigenvalue weighted by atomic mass is 10.1. The van der Waals surface area contributed by atoms with Gasteiger partial charge in [-0.2, -0.15) is 11.8 Å². The number of hydrogen-bond donors (Lipinski definition) is 2. The first-order valence-corrected chi connectivity index (χ1v) is 9.72. The van der Waals surface area contributed by atoms with Crippen molar-refractivity contribution in [3.05, 3.63) is 30.1 Å². The molecular formula is C18H27N5S. The maximum absolute atomic E-state index is 4.49. The lowest BCUT2D eigenvalue weighted by Crippen LogP contribution is -2.49. The topological polar surface area (TPSA) is 56.3 Å². The summed E-state index contributed by atoms with van der Waals surface area (Å²) in [5, 5.41) is 5.44. The number of aromatic nitrogens is 2. The molecule has 0 bridgehead atoms. The zero-order chi connectivity index (χ0) is 16.9. The van der Waals surface area contributed by atoms with Crippen molar-refractivity contribution in [3.63, 3.8) is 0 Å². The quantitative estimate of drug-likeness (QED) is 0.661. The first-order valence-electron chi connectivity index (χ1n) is 8.67. The highest BCUT2D eigenvalue weighted by Gasteiger charge is 2.24. The van der Waals surface area contributed by atoms with Gasteiger partial charge in [-0.3, -0.25) is 4.99 Å². The first-order chi connectivity index (χ1) is 11.7. The van der Waals surface area contributed by atoms with Crippen molar-refractivity contribution < 1.29 is 0 Å². The van der Waals surface area contributed by atoms with Crippen molar-refractivity contribution >= 4 is 28.8 Å². The fourth-order valence-electron chi connectivity index (χ4n) is 3.13. The van der Waals surface area contributed by atoms with Gasteiger partial charge in [-0.25, -0.2) is 4.98 Å². The van der Waals surface area contributed by atoms with Crippen molar-refractivity contribution in [1.29, 1.82) is 0 Å². The van der Waals surface area contributed by atoms with Crippen LogP contribution in [0.4, 0.5) is 0 Å². The second-order valence-electron chi connectivity index (χ2n) is 6.54. The molecule has 0 aromatic carbocycles. The Morgan fingerprint density at radius 3 is 3.21 bits per heavy atom. The Bertz CT molecular complexity index is 694. The molecular weight excluding hydrogens is 318 g/mol. The van der Waals surface area contributed by atoms with Crippen LogP contribution in [0.1, 0.15) is 19.4 Å². The van der Waals surface area contributed by atoms with Gasteiger partial charge in [0.25, 0.3) is 0 Å². The van der Waals surface area contributed by atoms with Crippen LogP contribution in [0.3, 0.4) is 0 Å². The number of fused-ring (bicyclic) bond motifs is 1. The molecule has 130 valence electrons. The van der Waals surface area contributed by atoms with Crippen molar-refractivity contribution in [1.82, 2.24) is 20.2 Å². The molecule has 1 aliphatic rings. The van der Waals surface area contributed by atoms with Crippen molar-refractivity contribution in [2.45, 2.75) is 25.5 Å². The minimum absolute atomic E-state index is 0.692. The number of nitrogens with zero attached hydrogens (tertiary/aromatic N) is 3. The highest BCUT2D eigenvalue weighted by molar-refractivity contribution is 8.00. The average Bonchev–Trinajstić information content (AvgIpc) is 3.02. The summed E-state index contributed by atoms with van der Waals surface area (Å²) in [6.45, 7) is 7.65. The molecule has 3 rings (SSSR count). The smallest absolute Gasteiger partial charge is 0.193 e. The molecule has 3 heterocycles. The summed E-state index contributed by atoms with van der Waals surface area (Å²) in [5.41, 5.74) is 2.26. The highest BCUT2D eigenvalue weighted by atomic mass is 32.2. The van der Waals surface area contributed by atoms with Gasteiger partial charge in [0.05, 0.1) is 0 Å². The maximum atomic E-state index is 4.49. The Morgan fingerprint density at radius 2 is 2.42 bits per heavy atom. The number of aromatic amines is 1. The van der Waals surface area contributed by atoms with E-state index in [1.807, 2.05) is 19.3 Å². The van der Waals surface area contributed by atoms with Crippen LogP contribution in [-0.4, -0.2) is 58.5 Å². The van der Waals surface area contributed by atoms with Gasteiger partial charge in [-0.15, -0.1) is 0 Å². The second-order valence-corrected chi connectivity index (χ2v) is 7.88. The number of rotatable bonds is 4. The molecule has 0 aliphatic carbocycles. The number of hydrogen-bond acceptors (Lipinski definition) is 3.